The minimum absolute atomic E-state index is 0.0121. The third kappa shape index (κ3) is 5.20. The Balaban J connectivity index is 1.91. The Morgan fingerprint density at radius 1 is 1.32 bits per heavy atom. The Labute approximate surface area is 165 Å². The van der Waals surface area contributed by atoms with E-state index in [0.29, 0.717) is 36.2 Å². The maximum absolute atomic E-state index is 12.6. The van der Waals surface area contributed by atoms with Crippen molar-refractivity contribution in [1.29, 1.82) is 0 Å². The highest BCUT2D eigenvalue weighted by molar-refractivity contribution is 7.90. The van der Waals surface area contributed by atoms with Crippen LogP contribution in [0, 0.1) is 0 Å². The highest BCUT2D eigenvalue weighted by atomic mass is 32.2. The molecule has 0 bridgehead atoms. The van der Waals surface area contributed by atoms with Crippen LogP contribution in [0.15, 0.2) is 30.5 Å². The van der Waals surface area contributed by atoms with Crippen LogP contribution in [0.2, 0.25) is 0 Å². The van der Waals surface area contributed by atoms with Crippen molar-refractivity contribution in [2.45, 2.75) is 32.5 Å². The number of carbonyl (C=O) groups excluding carboxylic acids is 1. The zero-order valence-corrected chi connectivity index (χ0v) is 17.5. The molecule has 7 nitrogen and oxygen atoms in total. The van der Waals surface area contributed by atoms with E-state index in [1.54, 1.807) is 12.3 Å². The van der Waals surface area contributed by atoms with E-state index in [-0.39, 0.29) is 11.9 Å². The van der Waals surface area contributed by atoms with Crippen LogP contribution in [-0.4, -0.2) is 62.8 Å². The first-order valence-electron chi connectivity index (χ1n) is 9.18. The summed E-state index contributed by atoms with van der Waals surface area (Å²) in [5.74, 6) is -0.407. The lowest BCUT2D eigenvalue weighted by Gasteiger charge is -2.34. The van der Waals surface area contributed by atoms with Crippen molar-refractivity contribution >= 4 is 32.4 Å². The van der Waals surface area contributed by atoms with E-state index in [1.165, 1.54) is 6.26 Å². The van der Waals surface area contributed by atoms with E-state index in [2.05, 4.69) is 9.88 Å². The van der Waals surface area contributed by atoms with Gasteiger partial charge in [-0.3, -0.25) is 4.98 Å². The molecule has 2 heterocycles. The standard InChI is InChI=1S/C20H26N2O5S/c1-20(2,3)27-19(23)16-7-8-21-18-6-5-14(11-17(16)18)22-9-10-26-15(12-22)13-28(4,24)25/h5-8,11,15H,9-10,12-13H2,1-4H3/t15-/m1/s1. The van der Waals surface area contributed by atoms with Gasteiger partial charge in [0.15, 0.2) is 0 Å². The number of rotatable bonds is 4. The smallest absolute Gasteiger partial charge is 0.339 e. The van der Waals surface area contributed by atoms with Gasteiger partial charge >= 0.3 is 5.97 Å². The molecule has 0 amide bonds. The van der Waals surface area contributed by atoms with Crippen LogP contribution in [0.4, 0.5) is 5.69 Å². The number of fused-ring (bicyclic) bond motifs is 1. The molecule has 3 rings (SSSR count). The molecule has 0 aliphatic carbocycles. The van der Waals surface area contributed by atoms with Crippen molar-refractivity contribution < 1.29 is 22.7 Å². The number of carbonyl (C=O) groups is 1. The van der Waals surface area contributed by atoms with Gasteiger partial charge in [0, 0.05) is 36.6 Å². The maximum Gasteiger partial charge on any atom is 0.339 e. The SMILES string of the molecule is CC(C)(C)OC(=O)c1ccnc2ccc(N3CCO[C@@H](CS(C)(=O)=O)C3)cc12. The predicted molar refractivity (Wildman–Crippen MR) is 109 cm³/mol. The summed E-state index contributed by atoms with van der Waals surface area (Å²) in [6.07, 6.45) is 2.43. The monoisotopic (exact) mass is 406 g/mol. The number of anilines is 1. The number of pyridine rings is 1. The first-order chi connectivity index (χ1) is 13.0. The molecule has 0 radical (unpaired) electrons. The van der Waals surface area contributed by atoms with E-state index in [1.807, 2.05) is 39.0 Å². The molecule has 0 unspecified atom stereocenters. The Bertz CT molecular complexity index is 982. The number of nitrogens with zero attached hydrogens (tertiary/aromatic N) is 2. The molecule has 1 aliphatic rings. The Kier molecular flexibility index (Phi) is 5.63. The molecule has 28 heavy (non-hydrogen) atoms. The van der Waals surface area contributed by atoms with Gasteiger partial charge in [0.1, 0.15) is 15.4 Å². The number of benzene rings is 1. The number of hydrogen-bond donors (Lipinski definition) is 0. The Hall–Kier alpha value is -2.19. The van der Waals surface area contributed by atoms with Gasteiger partial charge in [-0.1, -0.05) is 0 Å². The van der Waals surface area contributed by atoms with Crippen molar-refractivity contribution in [2.75, 3.05) is 36.6 Å². The fraction of sp³-hybridized carbons (Fsp3) is 0.500. The first kappa shape index (κ1) is 20.5. The molecule has 0 N–H and O–H groups in total. The maximum atomic E-state index is 12.6. The minimum atomic E-state index is -3.12. The molecule has 2 aromatic rings. The fourth-order valence-electron chi connectivity index (χ4n) is 3.23. The summed E-state index contributed by atoms with van der Waals surface area (Å²) in [6.45, 7) is 7.05. The summed E-state index contributed by atoms with van der Waals surface area (Å²) in [5.41, 5.74) is 1.47. The number of morpholine rings is 1. The molecule has 1 aromatic heterocycles. The summed E-state index contributed by atoms with van der Waals surface area (Å²) in [6, 6.07) is 7.35. The average Bonchev–Trinajstić information content (AvgIpc) is 2.58. The van der Waals surface area contributed by atoms with Gasteiger partial charge in [-0.05, 0) is 45.0 Å². The lowest BCUT2D eigenvalue weighted by molar-refractivity contribution is 0.00716. The van der Waals surface area contributed by atoms with Gasteiger partial charge in [-0.15, -0.1) is 0 Å². The normalized spacial score (nSPS) is 18.3. The zero-order valence-electron chi connectivity index (χ0n) is 16.6. The molecule has 1 aliphatic heterocycles. The van der Waals surface area contributed by atoms with Crippen LogP contribution < -0.4 is 4.90 Å². The molecule has 8 heteroatoms. The molecule has 1 fully saturated rings. The minimum Gasteiger partial charge on any atom is -0.456 e. The van der Waals surface area contributed by atoms with Gasteiger partial charge in [-0.25, -0.2) is 13.2 Å². The first-order valence-corrected chi connectivity index (χ1v) is 11.2. The van der Waals surface area contributed by atoms with Crippen molar-refractivity contribution in [3.63, 3.8) is 0 Å². The second-order valence-electron chi connectivity index (χ2n) is 8.09. The number of sulfone groups is 1. The molecule has 0 spiro atoms. The van der Waals surface area contributed by atoms with Gasteiger partial charge in [0.2, 0.25) is 0 Å². The van der Waals surface area contributed by atoms with Crippen molar-refractivity contribution in [3.05, 3.63) is 36.0 Å². The van der Waals surface area contributed by atoms with Crippen LogP contribution in [0.25, 0.3) is 10.9 Å². The third-order valence-electron chi connectivity index (χ3n) is 4.34. The molecular weight excluding hydrogens is 380 g/mol. The fourth-order valence-corrected chi connectivity index (χ4v) is 4.11. The molecule has 0 saturated carbocycles. The van der Waals surface area contributed by atoms with E-state index in [4.69, 9.17) is 9.47 Å². The second kappa shape index (κ2) is 7.67. The zero-order chi connectivity index (χ0) is 20.5. The highest BCUT2D eigenvalue weighted by Gasteiger charge is 2.25. The van der Waals surface area contributed by atoms with E-state index in [9.17, 15) is 13.2 Å². The van der Waals surface area contributed by atoms with Crippen LogP contribution in [0.1, 0.15) is 31.1 Å². The third-order valence-corrected chi connectivity index (χ3v) is 5.31. The van der Waals surface area contributed by atoms with Gasteiger partial charge in [0.05, 0.1) is 29.5 Å². The Morgan fingerprint density at radius 3 is 2.75 bits per heavy atom. The number of esters is 1. The van der Waals surface area contributed by atoms with Crippen LogP contribution in [0.3, 0.4) is 0 Å². The van der Waals surface area contributed by atoms with Gasteiger partial charge < -0.3 is 14.4 Å². The topological polar surface area (TPSA) is 85.8 Å². The summed E-state index contributed by atoms with van der Waals surface area (Å²) in [5, 5.41) is 0.709. The largest absolute Gasteiger partial charge is 0.456 e. The van der Waals surface area contributed by atoms with Gasteiger partial charge in [0.25, 0.3) is 0 Å². The van der Waals surface area contributed by atoms with E-state index < -0.39 is 21.4 Å². The lowest BCUT2D eigenvalue weighted by atomic mass is 10.1. The van der Waals surface area contributed by atoms with Crippen molar-refractivity contribution in [1.82, 2.24) is 4.98 Å². The molecule has 152 valence electrons. The predicted octanol–water partition coefficient (Wildman–Crippen LogP) is 2.44. The summed E-state index contributed by atoms with van der Waals surface area (Å²) < 4.78 is 34.3. The van der Waals surface area contributed by atoms with E-state index in [0.717, 1.165) is 5.69 Å². The van der Waals surface area contributed by atoms with E-state index >= 15 is 0 Å². The summed E-state index contributed by atoms with van der Waals surface area (Å²) in [7, 11) is -3.12. The Morgan fingerprint density at radius 2 is 2.07 bits per heavy atom. The van der Waals surface area contributed by atoms with Crippen molar-refractivity contribution in [3.8, 4) is 0 Å². The summed E-state index contributed by atoms with van der Waals surface area (Å²) >= 11 is 0. The molecule has 1 saturated heterocycles. The number of ether oxygens (including phenoxy) is 2. The van der Waals surface area contributed by atoms with Crippen LogP contribution >= 0.6 is 0 Å². The highest BCUT2D eigenvalue weighted by Crippen LogP contribution is 2.26. The number of hydrogen-bond acceptors (Lipinski definition) is 7. The average molecular weight is 407 g/mol. The molecular formula is C20H26N2O5S. The molecule has 1 aromatic carbocycles. The quantitative estimate of drug-likeness (QED) is 0.721. The van der Waals surface area contributed by atoms with Crippen LogP contribution in [-0.2, 0) is 19.3 Å². The summed E-state index contributed by atoms with van der Waals surface area (Å²) in [4.78, 5) is 19.0. The second-order valence-corrected chi connectivity index (χ2v) is 10.3. The van der Waals surface area contributed by atoms with Gasteiger partial charge in [-0.2, -0.15) is 0 Å². The lowest BCUT2D eigenvalue weighted by Crippen LogP contribution is -2.45. The number of aromatic nitrogens is 1. The molecule has 1 atom stereocenters. The van der Waals surface area contributed by atoms with Crippen LogP contribution in [0.5, 0.6) is 0 Å². The van der Waals surface area contributed by atoms with Crippen molar-refractivity contribution in [2.24, 2.45) is 0 Å².